The number of carbonyl (C=O) groups is 2. The summed E-state index contributed by atoms with van der Waals surface area (Å²) < 4.78 is 0. The number of hydrogen-bond donors (Lipinski definition) is 2. The van der Waals surface area contributed by atoms with E-state index in [1.165, 1.54) is 12.8 Å². The summed E-state index contributed by atoms with van der Waals surface area (Å²) in [6.07, 6.45) is 6.99. The van der Waals surface area contributed by atoms with Crippen molar-refractivity contribution in [2.75, 3.05) is 44.6 Å². The van der Waals surface area contributed by atoms with Gasteiger partial charge < -0.3 is 25.1 Å². The highest BCUT2D eigenvalue weighted by Gasteiger charge is 2.51. The number of amides is 3. The lowest BCUT2D eigenvalue weighted by atomic mass is 9.90. The van der Waals surface area contributed by atoms with Crippen LogP contribution in [0.25, 0.3) is 10.9 Å². The number of aliphatic hydroxyl groups excluding tert-OH is 1. The van der Waals surface area contributed by atoms with E-state index in [1.54, 1.807) is 18.0 Å². The van der Waals surface area contributed by atoms with E-state index in [2.05, 4.69) is 15.2 Å². The Kier molecular flexibility index (Phi) is 6.44. The molecular weight excluding hydrogens is 430 g/mol. The average molecular weight is 466 g/mol. The van der Waals surface area contributed by atoms with E-state index < -0.39 is 6.04 Å². The number of piperazine rings is 1. The van der Waals surface area contributed by atoms with Crippen LogP contribution in [0.15, 0.2) is 36.5 Å². The summed E-state index contributed by atoms with van der Waals surface area (Å²) in [6.45, 7) is 6.44. The molecule has 8 heteroatoms. The maximum Gasteiger partial charge on any atom is 0.322 e. The summed E-state index contributed by atoms with van der Waals surface area (Å²) >= 11 is 0. The van der Waals surface area contributed by atoms with Gasteiger partial charge in [-0.05, 0) is 75.7 Å². The molecule has 2 aliphatic heterocycles. The number of likely N-dealkylation sites (tertiary alicyclic amines) is 1. The van der Waals surface area contributed by atoms with Crippen molar-refractivity contribution in [3.05, 3.63) is 36.5 Å². The fourth-order valence-corrected chi connectivity index (χ4v) is 5.43. The summed E-state index contributed by atoms with van der Waals surface area (Å²) in [4.78, 5) is 36.0. The standard InChI is InChI=1S/C26H35N5O3/c1-19-24(33)30(13-3-2-12-29-14-10-26(8-9-26)23(32)18-29)15-16-31(19)25(34)28-21-7-6-20-5-4-11-27-22(20)17-21/h4-7,11,17,19,23,32H,2-3,8-10,12-16,18H2,1H3,(H,28,34)/t19-,23+/m0/s1. The zero-order valence-corrected chi connectivity index (χ0v) is 19.9. The quantitative estimate of drug-likeness (QED) is 0.641. The van der Waals surface area contributed by atoms with Crippen LogP contribution >= 0.6 is 0 Å². The fraction of sp³-hybridized carbons (Fsp3) is 0.577. The van der Waals surface area contributed by atoms with Crippen LogP contribution in [0.4, 0.5) is 10.5 Å². The summed E-state index contributed by atoms with van der Waals surface area (Å²) in [5.41, 5.74) is 1.74. The molecule has 1 saturated carbocycles. The molecule has 3 amide bonds. The number of β-amino-alcohol motifs (C(OH)–C–C–N with tert-alkyl or cyclic N) is 1. The zero-order valence-electron chi connectivity index (χ0n) is 19.9. The summed E-state index contributed by atoms with van der Waals surface area (Å²) in [7, 11) is 0. The van der Waals surface area contributed by atoms with Crippen molar-refractivity contribution in [3.63, 3.8) is 0 Å². The lowest BCUT2D eigenvalue weighted by molar-refractivity contribution is -0.139. The number of piperidine rings is 1. The SMILES string of the molecule is C[C@H]1C(=O)N(CCCCN2CCC3(CC3)[C@H](O)C2)CCN1C(=O)Nc1ccc2cccnc2c1. The van der Waals surface area contributed by atoms with Gasteiger partial charge in [0.1, 0.15) is 6.04 Å². The van der Waals surface area contributed by atoms with Crippen LogP contribution in [0.2, 0.25) is 0 Å². The first-order valence-corrected chi connectivity index (χ1v) is 12.6. The van der Waals surface area contributed by atoms with Gasteiger partial charge in [-0.15, -0.1) is 0 Å². The minimum atomic E-state index is -0.487. The number of aliphatic hydroxyl groups is 1. The number of rotatable bonds is 6. The molecular formula is C26H35N5O3. The van der Waals surface area contributed by atoms with E-state index >= 15 is 0 Å². The van der Waals surface area contributed by atoms with E-state index in [0.717, 1.165) is 56.3 Å². The topological polar surface area (TPSA) is 89.0 Å². The first kappa shape index (κ1) is 23.1. The minimum Gasteiger partial charge on any atom is -0.391 e. The van der Waals surface area contributed by atoms with Gasteiger partial charge in [-0.25, -0.2) is 4.79 Å². The third kappa shape index (κ3) is 4.74. The van der Waals surface area contributed by atoms with E-state index in [4.69, 9.17) is 0 Å². The molecule has 0 bridgehead atoms. The fourth-order valence-electron chi connectivity index (χ4n) is 5.43. The van der Waals surface area contributed by atoms with Crippen molar-refractivity contribution in [3.8, 4) is 0 Å². The van der Waals surface area contributed by atoms with Crippen molar-refractivity contribution in [2.24, 2.45) is 5.41 Å². The lowest BCUT2D eigenvalue weighted by Crippen LogP contribution is -2.58. The Labute approximate surface area is 200 Å². The number of nitrogens with one attached hydrogen (secondary N) is 1. The molecule has 0 radical (unpaired) electrons. The van der Waals surface area contributed by atoms with Gasteiger partial charge in [0, 0.05) is 43.4 Å². The number of pyridine rings is 1. The molecule has 182 valence electrons. The molecule has 1 aliphatic carbocycles. The second-order valence-electron chi connectivity index (χ2n) is 10.2. The molecule has 2 aromatic rings. The maximum atomic E-state index is 12.9. The van der Waals surface area contributed by atoms with E-state index in [1.807, 2.05) is 35.2 Å². The van der Waals surface area contributed by atoms with Gasteiger partial charge in [-0.1, -0.05) is 12.1 Å². The van der Waals surface area contributed by atoms with Gasteiger partial charge in [-0.2, -0.15) is 0 Å². The zero-order chi connectivity index (χ0) is 23.7. The van der Waals surface area contributed by atoms with Crippen molar-refractivity contribution < 1.29 is 14.7 Å². The van der Waals surface area contributed by atoms with Crippen molar-refractivity contribution >= 4 is 28.5 Å². The molecule has 1 aromatic heterocycles. The third-order valence-corrected chi connectivity index (χ3v) is 7.97. The number of unbranched alkanes of at least 4 members (excludes halogenated alkanes) is 1. The predicted octanol–water partition coefficient (Wildman–Crippen LogP) is 2.93. The molecule has 34 heavy (non-hydrogen) atoms. The van der Waals surface area contributed by atoms with Crippen LogP contribution in [0.1, 0.15) is 39.0 Å². The number of urea groups is 1. The summed E-state index contributed by atoms with van der Waals surface area (Å²) in [6, 6.07) is 8.76. The molecule has 3 fully saturated rings. The third-order valence-electron chi connectivity index (χ3n) is 7.97. The van der Waals surface area contributed by atoms with Crippen LogP contribution in [-0.4, -0.2) is 88.1 Å². The summed E-state index contributed by atoms with van der Waals surface area (Å²) in [5.74, 6) is 0.00523. The van der Waals surface area contributed by atoms with E-state index in [9.17, 15) is 14.7 Å². The van der Waals surface area contributed by atoms with Crippen LogP contribution in [0.5, 0.6) is 0 Å². The van der Waals surface area contributed by atoms with Crippen molar-refractivity contribution in [2.45, 2.75) is 51.2 Å². The van der Waals surface area contributed by atoms with Gasteiger partial charge in [-0.3, -0.25) is 9.78 Å². The molecule has 3 heterocycles. The average Bonchev–Trinajstić information content (AvgIpc) is 3.62. The number of carbonyl (C=O) groups excluding carboxylic acids is 2. The second-order valence-corrected chi connectivity index (χ2v) is 10.2. The molecule has 1 spiro atoms. The molecule has 8 nitrogen and oxygen atoms in total. The molecule has 2 atom stereocenters. The Morgan fingerprint density at radius 2 is 1.97 bits per heavy atom. The first-order chi connectivity index (χ1) is 16.4. The Morgan fingerprint density at radius 3 is 2.76 bits per heavy atom. The highest BCUT2D eigenvalue weighted by atomic mass is 16.3. The van der Waals surface area contributed by atoms with Crippen LogP contribution < -0.4 is 5.32 Å². The maximum absolute atomic E-state index is 12.9. The Bertz CT molecular complexity index is 1060. The van der Waals surface area contributed by atoms with E-state index in [0.29, 0.717) is 18.8 Å². The molecule has 0 unspecified atom stereocenters. The number of fused-ring (bicyclic) bond motifs is 1. The molecule has 2 N–H and O–H groups in total. The van der Waals surface area contributed by atoms with Gasteiger partial charge in [0.25, 0.3) is 0 Å². The van der Waals surface area contributed by atoms with Crippen LogP contribution in [-0.2, 0) is 4.79 Å². The largest absolute Gasteiger partial charge is 0.391 e. The Morgan fingerprint density at radius 1 is 1.15 bits per heavy atom. The number of nitrogens with zero attached hydrogens (tertiary/aromatic N) is 4. The molecule has 5 rings (SSSR count). The molecule has 3 aliphatic rings. The lowest BCUT2D eigenvalue weighted by Gasteiger charge is -2.39. The smallest absolute Gasteiger partial charge is 0.322 e. The normalized spacial score (nSPS) is 24.6. The highest BCUT2D eigenvalue weighted by molar-refractivity contribution is 5.96. The monoisotopic (exact) mass is 465 g/mol. The molecule has 2 saturated heterocycles. The van der Waals surface area contributed by atoms with Gasteiger partial charge >= 0.3 is 6.03 Å². The van der Waals surface area contributed by atoms with Gasteiger partial charge in [0.15, 0.2) is 0 Å². The highest BCUT2D eigenvalue weighted by Crippen LogP contribution is 2.53. The minimum absolute atomic E-state index is 0.00523. The number of benzene rings is 1. The van der Waals surface area contributed by atoms with Crippen molar-refractivity contribution in [1.29, 1.82) is 0 Å². The molecule has 1 aromatic carbocycles. The van der Waals surface area contributed by atoms with E-state index in [-0.39, 0.29) is 23.5 Å². The first-order valence-electron chi connectivity index (χ1n) is 12.6. The van der Waals surface area contributed by atoms with Crippen LogP contribution in [0.3, 0.4) is 0 Å². The summed E-state index contributed by atoms with van der Waals surface area (Å²) in [5, 5.41) is 14.3. The van der Waals surface area contributed by atoms with Gasteiger partial charge in [0.05, 0.1) is 11.6 Å². The number of aromatic nitrogens is 1. The second kappa shape index (κ2) is 9.50. The predicted molar refractivity (Wildman–Crippen MR) is 131 cm³/mol. The Balaban J connectivity index is 1.07. The Hall–Kier alpha value is -2.71. The van der Waals surface area contributed by atoms with Gasteiger partial charge in [0.2, 0.25) is 5.91 Å². The van der Waals surface area contributed by atoms with Crippen LogP contribution in [0, 0.1) is 5.41 Å². The number of anilines is 1. The van der Waals surface area contributed by atoms with Crippen molar-refractivity contribution in [1.82, 2.24) is 19.7 Å². The number of hydrogen-bond acceptors (Lipinski definition) is 5.